The number of benzene rings is 2. The molecule has 2 aromatic rings. The largest absolute Gasteiger partial charge is 0.444 e. The molecule has 142 valence electrons. The van der Waals surface area contributed by atoms with Crippen molar-refractivity contribution in [3.05, 3.63) is 59.7 Å². The maximum Gasteiger partial charge on any atom is 0.408 e. The fourth-order valence-electron chi connectivity index (χ4n) is 3.27. The first-order valence-electron chi connectivity index (χ1n) is 9.10. The Morgan fingerprint density at radius 1 is 1.04 bits per heavy atom. The van der Waals surface area contributed by atoms with Crippen molar-refractivity contribution in [1.82, 2.24) is 5.32 Å². The zero-order chi connectivity index (χ0) is 19.6. The molecule has 27 heavy (non-hydrogen) atoms. The van der Waals surface area contributed by atoms with Crippen LogP contribution in [-0.2, 0) is 9.53 Å². The second-order valence-corrected chi connectivity index (χ2v) is 8.75. The van der Waals surface area contributed by atoms with Gasteiger partial charge < -0.3 is 10.1 Å². The minimum absolute atomic E-state index is 0.0669. The van der Waals surface area contributed by atoms with Crippen molar-refractivity contribution in [3.63, 3.8) is 0 Å². The van der Waals surface area contributed by atoms with Crippen LogP contribution in [0.15, 0.2) is 48.5 Å². The van der Waals surface area contributed by atoms with Gasteiger partial charge in [-0.15, -0.1) is 0 Å². The van der Waals surface area contributed by atoms with E-state index in [4.69, 9.17) is 4.74 Å². The second-order valence-electron chi connectivity index (χ2n) is 7.73. The molecule has 0 aliphatic heterocycles. The standard InChI is InChI=1S/C22H25NO3S/c1-14(23-21(25)26-22(2,3)4)20(24)27-13-19-17-11-7-5-9-15(17)16-10-6-8-12-18(16)19/h5-12,14,19H,13H2,1-4H3,(H,23,25)/t14-/m1/s1. The van der Waals surface area contributed by atoms with Gasteiger partial charge in [-0.2, -0.15) is 0 Å². The summed E-state index contributed by atoms with van der Waals surface area (Å²) in [6, 6.07) is 16.1. The number of nitrogens with one attached hydrogen (secondary N) is 1. The smallest absolute Gasteiger partial charge is 0.408 e. The Balaban J connectivity index is 1.65. The SMILES string of the molecule is C[C@@H](NC(=O)OC(C)(C)C)C(=O)SCC1c2ccccc2-c2ccccc21. The summed E-state index contributed by atoms with van der Waals surface area (Å²) < 4.78 is 5.22. The van der Waals surface area contributed by atoms with E-state index in [1.807, 2.05) is 24.3 Å². The molecule has 0 radical (unpaired) electrons. The van der Waals surface area contributed by atoms with Crippen LogP contribution in [0.4, 0.5) is 4.79 Å². The summed E-state index contributed by atoms with van der Waals surface area (Å²) in [4.78, 5) is 24.4. The van der Waals surface area contributed by atoms with Crippen molar-refractivity contribution in [2.45, 2.75) is 45.3 Å². The van der Waals surface area contributed by atoms with Gasteiger partial charge in [0.1, 0.15) is 5.60 Å². The molecule has 1 amide bonds. The first-order chi connectivity index (χ1) is 12.8. The van der Waals surface area contributed by atoms with Gasteiger partial charge in [-0.3, -0.25) is 4.79 Å². The average Bonchev–Trinajstić information content (AvgIpc) is 2.92. The molecule has 5 heteroatoms. The molecule has 0 saturated carbocycles. The van der Waals surface area contributed by atoms with Gasteiger partial charge in [0, 0.05) is 11.7 Å². The van der Waals surface area contributed by atoms with Gasteiger partial charge in [0.15, 0.2) is 0 Å². The fraction of sp³-hybridized carbons (Fsp3) is 0.364. The Morgan fingerprint density at radius 3 is 2.07 bits per heavy atom. The number of rotatable bonds is 4. The molecule has 0 saturated heterocycles. The third kappa shape index (κ3) is 4.53. The second kappa shape index (κ2) is 7.77. The van der Waals surface area contributed by atoms with Gasteiger partial charge in [-0.25, -0.2) is 4.79 Å². The van der Waals surface area contributed by atoms with E-state index >= 15 is 0 Å². The van der Waals surface area contributed by atoms with Crippen LogP contribution in [-0.4, -0.2) is 28.6 Å². The number of hydrogen-bond donors (Lipinski definition) is 1. The minimum Gasteiger partial charge on any atom is -0.444 e. The predicted octanol–water partition coefficient (Wildman–Crippen LogP) is 4.97. The zero-order valence-electron chi connectivity index (χ0n) is 16.1. The van der Waals surface area contributed by atoms with Crippen LogP contribution in [0.5, 0.6) is 0 Å². The monoisotopic (exact) mass is 383 g/mol. The number of carbonyl (C=O) groups excluding carboxylic acids is 2. The lowest BCUT2D eigenvalue weighted by Gasteiger charge is -2.21. The van der Waals surface area contributed by atoms with Crippen molar-refractivity contribution < 1.29 is 14.3 Å². The van der Waals surface area contributed by atoms with Crippen molar-refractivity contribution in [1.29, 1.82) is 0 Å². The molecule has 0 aromatic heterocycles. The summed E-state index contributed by atoms with van der Waals surface area (Å²) in [5.74, 6) is 0.827. The quantitative estimate of drug-likeness (QED) is 0.810. The Labute approximate surface area is 164 Å². The number of ether oxygens (including phenoxy) is 1. The number of carbonyl (C=O) groups is 2. The summed E-state index contributed by atoms with van der Waals surface area (Å²) in [5, 5.41) is 2.55. The van der Waals surface area contributed by atoms with Crippen LogP contribution < -0.4 is 5.32 Å². The highest BCUT2D eigenvalue weighted by Crippen LogP contribution is 2.45. The van der Waals surface area contributed by atoms with E-state index in [0.717, 1.165) is 0 Å². The maximum atomic E-state index is 12.5. The summed E-state index contributed by atoms with van der Waals surface area (Å²) >= 11 is 1.26. The molecule has 4 nitrogen and oxygen atoms in total. The van der Waals surface area contributed by atoms with E-state index in [1.165, 1.54) is 34.0 Å². The highest BCUT2D eigenvalue weighted by Gasteiger charge is 2.29. The van der Waals surface area contributed by atoms with E-state index in [0.29, 0.717) is 5.75 Å². The fourth-order valence-corrected chi connectivity index (χ4v) is 4.27. The molecule has 0 heterocycles. The van der Waals surface area contributed by atoms with Crippen LogP contribution in [0.1, 0.15) is 44.7 Å². The van der Waals surface area contributed by atoms with Crippen molar-refractivity contribution in [2.24, 2.45) is 0 Å². The molecule has 0 bridgehead atoms. The van der Waals surface area contributed by atoms with E-state index < -0.39 is 17.7 Å². The number of amides is 1. The van der Waals surface area contributed by atoms with E-state index in [1.54, 1.807) is 27.7 Å². The van der Waals surface area contributed by atoms with Gasteiger partial charge in [0.05, 0.1) is 6.04 Å². The Hall–Kier alpha value is -2.27. The lowest BCUT2D eigenvalue weighted by molar-refractivity contribution is -0.112. The zero-order valence-corrected chi connectivity index (χ0v) is 16.9. The highest BCUT2D eigenvalue weighted by molar-refractivity contribution is 8.13. The normalized spacial score (nSPS) is 14.2. The molecule has 2 aromatic carbocycles. The van der Waals surface area contributed by atoms with Crippen LogP contribution in [0.3, 0.4) is 0 Å². The van der Waals surface area contributed by atoms with Crippen LogP contribution in [0, 0.1) is 0 Å². The van der Waals surface area contributed by atoms with Gasteiger partial charge in [0.2, 0.25) is 5.12 Å². The molecule has 1 N–H and O–H groups in total. The first-order valence-corrected chi connectivity index (χ1v) is 10.1. The molecule has 0 spiro atoms. The number of fused-ring (bicyclic) bond motifs is 3. The summed E-state index contributed by atoms with van der Waals surface area (Å²) in [7, 11) is 0. The molecular formula is C22H25NO3S. The van der Waals surface area contributed by atoms with E-state index in [2.05, 4.69) is 29.6 Å². The lowest BCUT2D eigenvalue weighted by Crippen LogP contribution is -2.41. The molecule has 0 unspecified atom stereocenters. The van der Waals surface area contributed by atoms with Gasteiger partial charge in [-0.1, -0.05) is 60.3 Å². The van der Waals surface area contributed by atoms with E-state index in [9.17, 15) is 9.59 Å². The third-order valence-corrected chi connectivity index (χ3v) is 5.58. The first kappa shape index (κ1) is 19.5. The Bertz CT molecular complexity index is 811. The van der Waals surface area contributed by atoms with Crippen molar-refractivity contribution in [2.75, 3.05) is 5.75 Å². The molecule has 0 fully saturated rings. The van der Waals surface area contributed by atoms with Gasteiger partial charge in [-0.05, 0) is 49.9 Å². The molecule has 3 rings (SSSR count). The number of alkyl carbamates (subject to hydrolysis) is 1. The highest BCUT2D eigenvalue weighted by atomic mass is 32.2. The molecule has 1 atom stereocenters. The molecule has 1 aliphatic carbocycles. The summed E-state index contributed by atoms with van der Waals surface area (Å²) in [6.07, 6.45) is -0.569. The van der Waals surface area contributed by atoms with Crippen LogP contribution in [0.25, 0.3) is 11.1 Å². The third-order valence-electron chi connectivity index (χ3n) is 4.44. The average molecular weight is 384 g/mol. The Morgan fingerprint density at radius 2 is 1.56 bits per heavy atom. The van der Waals surface area contributed by atoms with Gasteiger partial charge >= 0.3 is 6.09 Å². The number of thioether (sulfide) groups is 1. The van der Waals surface area contributed by atoms with Crippen molar-refractivity contribution in [3.8, 4) is 11.1 Å². The predicted molar refractivity (Wildman–Crippen MR) is 110 cm³/mol. The summed E-state index contributed by atoms with van der Waals surface area (Å²) in [5.41, 5.74) is 4.41. The molecular weight excluding hydrogens is 358 g/mol. The van der Waals surface area contributed by atoms with Gasteiger partial charge in [0.25, 0.3) is 0 Å². The van der Waals surface area contributed by atoms with E-state index in [-0.39, 0.29) is 11.0 Å². The summed E-state index contributed by atoms with van der Waals surface area (Å²) in [6.45, 7) is 7.07. The lowest BCUT2D eigenvalue weighted by atomic mass is 9.99. The van der Waals surface area contributed by atoms with Crippen LogP contribution >= 0.6 is 11.8 Å². The maximum absolute atomic E-state index is 12.5. The Kier molecular flexibility index (Phi) is 5.61. The van der Waals surface area contributed by atoms with Crippen molar-refractivity contribution >= 4 is 23.0 Å². The molecule has 1 aliphatic rings. The minimum atomic E-state index is -0.600. The van der Waals surface area contributed by atoms with Crippen LogP contribution in [0.2, 0.25) is 0 Å². The topological polar surface area (TPSA) is 55.4 Å². The number of hydrogen-bond acceptors (Lipinski definition) is 4.